The van der Waals surface area contributed by atoms with Gasteiger partial charge in [-0.1, -0.05) is 12.1 Å². The second-order valence-corrected chi connectivity index (χ2v) is 9.52. The van der Waals surface area contributed by atoms with E-state index in [-0.39, 0.29) is 10.7 Å². The molecule has 0 fully saturated rings. The normalized spacial score (nSPS) is 12.0. The van der Waals surface area contributed by atoms with E-state index in [1.807, 2.05) is 6.92 Å². The summed E-state index contributed by atoms with van der Waals surface area (Å²) in [6.45, 7) is 1.84. The Hall–Kier alpha value is -3.86. The largest absolute Gasteiger partial charge is 0.416 e. The first kappa shape index (κ1) is 23.3. The first-order chi connectivity index (χ1) is 15.9. The van der Waals surface area contributed by atoms with Gasteiger partial charge in [0.15, 0.2) is 0 Å². The van der Waals surface area contributed by atoms with Crippen LogP contribution in [0.2, 0.25) is 0 Å². The predicted molar refractivity (Wildman–Crippen MR) is 120 cm³/mol. The van der Waals surface area contributed by atoms with Crippen LogP contribution >= 0.6 is 0 Å². The van der Waals surface area contributed by atoms with E-state index in [0.717, 1.165) is 24.0 Å². The lowest BCUT2D eigenvalue weighted by Crippen LogP contribution is -2.14. The van der Waals surface area contributed by atoms with Gasteiger partial charge in [0.1, 0.15) is 0 Å². The van der Waals surface area contributed by atoms with E-state index in [0.29, 0.717) is 27.8 Å². The number of hydrogen-bond donors (Lipinski definition) is 1. The van der Waals surface area contributed by atoms with Gasteiger partial charge in [0.05, 0.1) is 23.0 Å². The van der Waals surface area contributed by atoms with Crippen LogP contribution in [-0.4, -0.2) is 35.5 Å². The molecule has 1 N–H and O–H groups in total. The maximum atomic E-state index is 13.0. The number of fused-ring (bicyclic) bond motifs is 1. The number of halogens is 3. The average Bonchev–Trinajstić information content (AvgIpc) is 2.78. The van der Waals surface area contributed by atoms with Gasteiger partial charge >= 0.3 is 6.18 Å². The van der Waals surface area contributed by atoms with Crippen LogP contribution in [0.3, 0.4) is 0 Å². The number of hydrogen-bond acceptors (Lipinski definition) is 6. The predicted octanol–water partition coefficient (Wildman–Crippen LogP) is 4.67. The summed E-state index contributed by atoms with van der Waals surface area (Å²) < 4.78 is 62.2. The third kappa shape index (κ3) is 4.88. The van der Waals surface area contributed by atoms with Crippen LogP contribution in [-0.2, 0) is 16.0 Å². The number of aryl methyl sites for hydroxylation is 1. The second-order valence-electron chi connectivity index (χ2n) is 7.62. The summed E-state index contributed by atoms with van der Waals surface area (Å²) in [6.07, 6.45) is -0.730. The SMILES string of the molecule is Cc1ccc(NC(=O)c2cccc(C(F)(F)F)c2)cc1-c1cc2cnc(S(C)(=O)=O)nc2cn1. The molecule has 2 aromatic carbocycles. The van der Waals surface area contributed by atoms with Gasteiger partial charge in [-0.15, -0.1) is 0 Å². The number of alkyl halides is 3. The zero-order chi connectivity index (χ0) is 24.7. The fourth-order valence-electron chi connectivity index (χ4n) is 3.26. The van der Waals surface area contributed by atoms with Crippen molar-refractivity contribution in [3.63, 3.8) is 0 Å². The van der Waals surface area contributed by atoms with E-state index in [1.165, 1.54) is 24.5 Å². The lowest BCUT2D eigenvalue weighted by Gasteiger charge is -2.12. The van der Waals surface area contributed by atoms with Crippen molar-refractivity contribution in [2.24, 2.45) is 0 Å². The average molecular weight is 486 g/mol. The van der Waals surface area contributed by atoms with E-state index in [2.05, 4.69) is 20.3 Å². The van der Waals surface area contributed by atoms with E-state index in [1.54, 1.807) is 24.3 Å². The third-order valence-electron chi connectivity index (χ3n) is 5.00. The third-order valence-corrected chi connectivity index (χ3v) is 5.86. The van der Waals surface area contributed by atoms with Crippen molar-refractivity contribution >= 4 is 32.3 Å². The zero-order valence-corrected chi connectivity index (χ0v) is 18.7. The van der Waals surface area contributed by atoms with Gasteiger partial charge in [0.25, 0.3) is 5.91 Å². The molecule has 0 unspecified atom stereocenters. The summed E-state index contributed by atoms with van der Waals surface area (Å²) in [7, 11) is -3.57. The van der Waals surface area contributed by atoms with E-state index >= 15 is 0 Å². The van der Waals surface area contributed by atoms with Gasteiger partial charge in [-0.05, 0) is 48.9 Å². The van der Waals surface area contributed by atoms with Crippen molar-refractivity contribution in [2.75, 3.05) is 11.6 Å². The van der Waals surface area contributed by atoms with Crippen molar-refractivity contribution in [1.29, 1.82) is 0 Å². The van der Waals surface area contributed by atoms with Crippen molar-refractivity contribution in [3.8, 4) is 11.3 Å². The van der Waals surface area contributed by atoms with Gasteiger partial charge in [0, 0.05) is 34.7 Å². The molecule has 11 heteroatoms. The minimum atomic E-state index is -4.55. The van der Waals surface area contributed by atoms with Gasteiger partial charge in [-0.25, -0.2) is 18.4 Å². The molecule has 4 rings (SSSR count). The molecule has 0 saturated heterocycles. The molecule has 7 nitrogen and oxygen atoms in total. The van der Waals surface area contributed by atoms with Gasteiger partial charge in [-0.2, -0.15) is 13.2 Å². The Kier molecular flexibility index (Phi) is 5.82. The van der Waals surface area contributed by atoms with Gasteiger partial charge < -0.3 is 5.32 Å². The molecule has 0 aliphatic carbocycles. The quantitative estimate of drug-likeness (QED) is 0.421. The minimum absolute atomic E-state index is 0.125. The maximum Gasteiger partial charge on any atom is 0.416 e. The first-order valence-corrected chi connectivity index (χ1v) is 11.7. The number of rotatable bonds is 4. The molecule has 2 heterocycles. The number of nitrogens with one attached hydrogen (secondary N) is 1. The fraction of sp³-hybridized carbons (Fsp3) is 0.130. The molecule has 0 spiro atoms. The highest BCUT2D eigenvalue weighted by Crippen LogP contribution is 2.30. The zero-order valence-electron chi connectivity index (χ0n) is 17.9. The van der Waals surface area contributed by atoms with Crippen molar-refractivity contribution in [3.05, 3.63) is 77.6 Å². The Morgan fingerprint density at radius 1 is 1.00 bits per heavy atom. The monoisotopic (exact) mass is 486 g/mol. The summed E-state index contributed by atoms with van der Waals surface area (Å²) in [4.78, 5) is 24.8. The highest BCUT2D eigenvalue weighted by molar-refractivity contribution is 7.90. The van der Waals surface area contributed by atoms with E-state index < -0.39 is 27.5 Å². The number of anilines is 1. The highest BCUT2D eigenvalue weighted by atomic mass is 32.2. The molecular formula is C23H17F3N4O3S. The Morgan fingerprint density at radius 2 is 1.76 bits per heavy atom. The Labute approximate surface area is 192 Å². The number of carbonyl (C=O) groups is 1. The molecule has 0 atom stereocenters. The number of sulfone groups is 1. The standard InChI is InChI=1S/C23H17F3N4O3S/c1-13-6-7-17(29-21(31)14-4-3-5-16(8-14)23(24,25)26)10-18(13)19-9-15-11-28-22(34(2,32)33)30-20(15)12-27-19/h3-12H,1-2H3,(H,29,31). The van der Waals surface area contributed by atoms with E-state index in [4.69, 9.17) is 0 Å². The van der Waals surface area contributed by atoms with Crippen LogP contribution in [0.4, 0.5) is 18.9 Å². The molecule has 0 aliphatic heterocycles. The van der Waals surface area contributed by atoms with E-state index in [9.17, 15) is 26.4 Å². The van der Waals surface area contributed by atoms with Gasteiger partial charge in [-0.3, -0.25) is 9.78 Å². The summed E-state index contributed by atoms with van der Waals surface area (Å²) in [5.74, 6) is -0.686. The maximum absolute atomic E-state index is 13.0. The topological polar surface area (TPSA) is 102 Å². The van der Waals surface area contributed by atoms with Crippen LogP contribution in [0.1, 0.15) is 21.5 Å². The summed E-state index contributed by atoms with van der Waals surface area (Å²) in [5.41, 5.74) is 1.70. The van der Waals surface area contributed by atoms with Crippen molar-refractivity contribution < 1.29 is 26.4 Å². The number of aromatic nitrogens is 3. The van der Waals surface area contributed by atoms with Crippen LogP contribution in [0.15, 0.2) is 66.1 Å². The molecular weight excluding hydrogens is 469 g/mol. The Bertz CT molecular complexity index is 1540. The summed E-state index contributed by atoms with van der Waals surface area (Å²) in [6, 6.07) is 10.9. The minimum Gasteiger partial charge on any atom is -0.322 e. The number of pyridine rings is 1. The molecule has 1 amide bonds. The molecule has 2 aromatic heterocycles. The molecule has 0 bridgehead atoms. The fourth-order valence-corrected chi connectivity index (χ4v) is 3.77. The molecule has 174 valence electrons. The number of carbonyl (C=O) groups excluding carboxylic acids is 1. The molecule has 4 aromatic rings. The van der Waals surface area contributed by atoms with Crippen LogP contribution < -0.4 is 5.32 Å². The molecule has 0 saturated carbocycles. The summed E-state index contributed by atoms with van der Waals surface area (Å²) in [5, 5.41) is 2.87. The number of nitrogens with zero attached hydrogens (tertiary/aromatic N) is 3. The molecule has 0 radical (unpaired) electrons. The van der Waals surface area contributed by atoms with Crippen LogP contribution in [0, 0.1) is 6.92 Å². The molecule has 34 heavy (non-hydrogen) atoms. The number of amides is 1. The van der Waals surface area contributed by atoms with Crippen molar-refractivity contribution in [1.82, 2.24) is 15.0 Å². The Morgan fingerprint density at radius 3 is 2.47 bits per heavy atom. The number of benzene rings is 2. The van der Waals surface area contributed by atoms with Crippen LogP contribution in [0.5, 0.6) is 0 Å². The highest BCUT2D eigenvalue weighted by Gasteiger charge is 2.30. The lowest BCUT2D eigenvalue weighted by molar-refractivity contribution is -0.137. The Balaban J connectivity index is 1.65. The molecule has 0 aliphatic rings. The first-order valence-electron chi connectivity index (χ1n) is 9.84. The second kappa shape index (κ2) is 8.49. The van der Waals surface area contributed by atoms with Gasteiger partial charge in [0.2, 0.25) is 15.0 Å². The smallest absolute Gasteiger partial charge is 0.322 e. The lowest BCUT2D eigenvalue weighted by atomic mass is 10.0. The summed E-state index contributed by atoms with van der Waals surface area (Å²) >= 11 is 0. The van der Waals surface area contributed by atoms with Crippen LogP contribution in [0.25, 0.3) is 22.2 Å². The van der Waals surface area contributed by atoms with Crippen molar-refractivity contribution in [2.45, 2.75) is 18.3 Å².